The summed E-state index contributed by atoms with van der Waals surface area (Å²) < 4.78 is 46.2. The van der Waals surface area contributed by atoms with Gasteiger partial charge in [0.2, 0.25) is 5.89 Å². The summed E-state index contributed by atoms with van der Waals surface area (Å²) in [7, 11) is 0. The molecule has 0 spiro atoms. The molecule has 1 aliphatic heterocycles. The van der Waals surface area contributed by atoms with Crippen molar-refractivity contribution in [3.05, 3.63) is 11.7 Å². The number of morpholine rings is 1. The molecule has 0 saturated carbocycles. The van der Waals surface area contributed by atoms with Gasteiger partial charge in [0.1, 0.15) is 6.42 Å². The first-order valence-electron chi connectivity index (χ1n) is 5.89. The Morgan fingerprint density at radius 3 is 2.63 bits per heavy atom. The lowest BCUT2D eigenvalue weighted by Gasteiger charge is -2.27. The van der Waals surface area contributed by atoms with Gasteiger partial charge in [0.25, 0.3) is 0 Å². The largest absolute Gasteiger partial charge is 0.397 e. The smallest absolute Gasteiger partial charge is 0.379 e. The summed E-state index contributed by atoms with van der Waals surface area (Å²) in [5.74, 6) is -0.356. The Labute approximate surface area is 107 Å². The molecule has 6 nitrogen and oxygen atoms in total. The number of aromatic nitrogens is 2. The molecule has 1 aromatic rings. The van der Waals surface area contributed by atoms with Crippen molar-refractivity contribution in [2.24, 2.45) is 5.73 Å². The third-order valence-electron chi connectivity index (χ3n) is 2.73. The van der Waals surface area contributed by atoms with Crippen molar-refractivity contribution < 1.29 is 22.4 Å². The molecule has 0 bridgehead atoms. The second kappa shape index (κ2) is 5.85. The molecular formula is C10H15F3N4O2. The zero-order valence-electron chi connectivity index (χ0n) is 10.2. The molecule has 1 atom stereocenters. The molecule has 108 valence electrons. The zero-order valence-corrected chi connectivity index (χ0v) is 10.2. The predicted octanol–water partition coefficient (Wildman–Crippen LogP) is 0.506. The first kappa shape index (κ1) is 14.2. The molecule has 1 fully saturated rings. The van der Waals surface area contributed by atoms with Gasteiger partial charge < -0.3 is 15.0 Å². The summed E-state index contributed by atoms with van der Waals surface area (Å²) in [5.41, 5.74) is 5.85. The average molecular weight is 280 g/mol. The number of alkyl halides is 3. The molecule has 2 rings (SSSR count). The summed E-state index contributed by atoms with van der Waals surface area (Å²) >= 11 is 0. The lowest BCUT2D eigenvalue weighted by atomic mass is 10.2. The molecule has 2 N–H and O–H groups in total. The fourth-order valence-electron chi connectivity index (χ4n) is 1.81. The summed E-state index contributed by atoms with van der Waals surface area (Å²) in [5, 5.41) is 3.50. The van der Waals surface area contributed by atoms with Crippen molar-refractivity contribution in [3.63, 3.8) is 0 Å². The van der Waals surface area contributed by atoms with Crippen LogP contribution < -0.4 is 5.73 Å². The number of nitrogens with zero attached hydrogens (tertiary/aromatic N) is 3. The van der Waals surface area contributed by atoms with Crippen LogP contribution in [0.3, 0.4) is 0 Å². The third-order valence-corrected chi connectivity index (χ3v) is 2.73. The van der Waals surface area contributed by atoms with Crippen LogP contribution in [-0.2, 0) is 11.2 Å². The molecule has 0 aromatic carbocycles. The van der Waals surface area contributed by atoms with E-state index in [0.29, 0.717) is 19.8 Å². The molecule has 1 aliphatic rings. The van der Waals surface area contributed by atoms with Crippen LogP contribution in [0.5, 0.6) is 0 Å². The minimum atomic E-state index is -4.36. The van der Waals surface area contributed by atoms with Crippen molar-refractivity contribution in [2.75, 3.05) is 32.8 Å². The number of nitrogens with two attached hydrogens (primary N) is 1. The highest BCUT2D eigenvalue weighted by atomic mass is 19.4. The van der Waals surface area contributed by atoms with E-state index in [1.165, 1.54) is 0 Å². The van der Waals surface area contributed by atoms with Crippen LogP contribution in [0.25, 0.3) is 0 Å². The van der Waals surface area contributed by atoms with Gasteiger partial charge in [-0.2, -0.15) is 18.2 Å². The maximum Gasteiger partial charge on any atom is 0.397 e. The monoisotopic (exact) mass is 280 g/mol. The number of hydrogen-bond donors (Lipinski definition) is 1. The molecular weight excluding hydrogens is 265 g/mol. The van der Waals surface area contributed by atoms with E-state index in [4.69, 9.17) is 10.5 Å². The third kappa shape index (κ3) is 4.44. The predicted molar refractivity (Wildman–Crippen MR) is 58.2 cm³/mol. The Bertz CT molecular complexity index is 404. The first-order chi connectivity index (χ1) is 8.94. The van der Waals surface area contributed by atoms with E-state index < -0.39 is 24.5 Å². The van der Waals surface area contributed by atoms with Crippen molar-refractivity contribution in [1.29, 1.82) is 0 Å². The lowest BCUT2D eigenvalue weighted by Crippen LogP contribution is -2.40. The maximum atomic E-state index is 12.1. The molecule has 19 heavy (non-hydrogen) atoms. The van der Waals surface area contributed by atoms with Crippen LogP contribution in [-0.4, -0.2) is 54.1 Å². The van der Waals surface area contributed by atoms with E-state index in [0.717, 1.165) is 13.1 Å². The average Bonchev–Trinajstić information content (AvgIpc) is 2.76. The van der Waals surface area contributed by atoms with Gasteiger partial charge in [-0.15, -0.1) is 0 Å². The molecule has 2 heterocycles. The summed E-state index contributed by atoms with van der Waals surface area (Å²) in [6, 6.07) is -0.566. The van der Waals surface area contributed by atoms with Crippen molar-refractivity contribution in [1.82, 2.24) is 15.0 Å². The normalized spacial score (nSPS) is 19.6. The standard InChI is InChI=1S/C10H15F3N4O2/c11-10(12,13)5-8-15-9(16-19-8)7(14)6-17-1-3-18-4-2-17/h7H,1-6,14H2. The minimum Gasteiger partial charge on any atom is -0.379 e. The van der Waals surface area contributed by atoms with Gasteiger partial charge in [-0.25, -0.2) is 0 Å². The van der Waals surface area contributed by atoms with Crippen molar-refractivity contribution in [3.8, 4) is 0 Å². The van der Waals surface area contributed by atoms with Gasteiger partial charge in [-0.3, -0.25) is 4.90 Å². The van der Waals surface area contributed by atoms with Crippen LogP contribution >= 0.6 is 0 Å². The van der Waals surface area contributed by atoms with E-state index >= 15 is 0 Å². The summed E-state index contributed by atoms with van der Waals surface area (Å²) in [6.07, 6.45) is -5.59. The van der Waals surface area contributed by atoms with E-state index in [1.54, 1.807) is 0 Å². The van der Waals surface area contributed by atoms with Crippen LogP contribution in [0, 0.1) is 0 Å². The number of rotatable bonds is 4. The Morgan fingerprint density at radius 1 is 1.32 bits per heavy atom. The second-order valence-corrected chi connectivity index (χ2v) is 4.36. The van der Waals surface area contributed by atoms with E-state index in [2.05, 4.69) is 14.7 Å². The fraction of sp³-hybridized carbons (Fsp3) is 0.800. The highest BCUT2D eigenvalue weighted by Crippen LogP contribution is 2.21. The fourth-order valence-corrected chi connectivity index (χ4v) is 1.81. The molecule has 0 radical (unpaired) electrons. The lowest BCUT2D eigenvalue weighted by molar-refractivity contribution is -0.131. The van der Waals surface area contributed by atoms with Gasteiger partial charge in [0, 0.05) is 19.6 Å². The highest BCUT2D eigenvalue weighted by molar-refractivity contribution is 4.95. The van der Waals surface area contributed by atoms with Crippen molar-refractivity contribution in [2.45, 2.75) is 18.6 Å². The topological polar surface area (TPSA) is 77.4 Å². The highest BCUT2D eigenvalue weighted by Gasteiger charge is 2.31. The van der Waals surface area contributed by atoms with Gasteiger partial charge in [-0.05, 0) is 0 Å². The number of ether oxygens (including phenoxy) is 1. The quantitative estimate of drug-likeness (QED) is 0.865. The van der Waals surface area contributed by atoms with E-state index in [-0.39, 0.29) is 5.82 Å². The number of hydrogen-bond acceptors (Lipinski definition) is 6. The van der Waals surface area contributed by atoms with Gasteiger partial charge in [-0.1, -0.05) is 5.16 Å². The Kier molecular flexibility index (Phi) is 4.38. The summed E-state index contributed by atoms with van der Waals surface area (Å²) in [4.78, 5) is 5.73. The molecule has 0 aliphatic carbocycles. The van der Waals surface area contributed by atoms with Gasteiger partial charge in [0.05, 0.1) is 19.3 Å². The zero-order chi connectivity index (χ0) is 13.9. The SMILES string of the molecule is NC(CN1CCOCC1)c1noc(CC(F)(F)F)n1. The van der Waals surface area contributed by atoms with E-state index in [9.17, 15) is 13.2 Å². The van der Waals surface area contributed by atoms with Crippen LogP contribution in [0.1, 0.15) is 17.8 Å². The Morgan fingerprint density at radius 2 is 2.00 bits per heavy atom. The molecule has 0 amide bonds. The maximum absolute atomic E-state index is 12.1. The molecule has 1 aromatic heterocycles. The van der Waals surface area contributed by atoms with E-state index in [1.807, 2.05) is 4.90 Å². The van der Waals surface area contributed by atoms with Gasteiger partial charge >= 0.3 is 6.18 Å². The van der Waals surface area contributed by atoms with Crippen LogP contribution in [0.15, 0.2) is 4.52 Å². The first-order valence-corrected chi connectivity index (χ1v) is 5.89. The minimum absolute atomic E-state index is 0.103. The summed E-state index contributed by atoms with van der Waals surface area (Å²) in [6.45, 7) is 3.19. The second-order valence-electron chi connectivity index (χ2n) is 4.36. The van der Waals surface area contributed by atoms with Crippen LogP contribution in [0.4, 0.5) is 13.2 Å². The molecule has 1 saturated heterocycles. The molecule has 1 unspecified atom stereocenters. The van der Waals surface area contributed by atoms with Crippen molar-refractivity contribution >= 4 is 0 Å². The number of halogens is 3. The van der Waals surface area contributed by atoms with Crippen LogP contribution in [0.2, 0.25) is 0 Å². The Hall–Kier alpha value is -1.19. The Balaban J connectivity index is 1.90. The molecule has 9 heteroatoms. The van der Waals surface area contributed by atoms with Gasteiger partial charge in [0.15, 0.2) is 5.82 Å².